The van der Waals surface area contributed by atoms with Gasteiger partial charge in [0.15, 0.2) is 0 Å². The van der Waals surface area contributed by atoms with Gasteiger partial charge in [-0.15, -0.1) is 0 Å². The number of rotatable bonds is 26. The van der Waals surface area contributed by atoms with Gasteiger partial charge in [0.2, 0.25) is 0 Å². The first-order chi connectivity index (χ1) is 15.9. The van der Waals surface area contributed by atoms with Crippen molar-refractivity contribution in [1.29, 1.82) is 0 Å². The lowest BCUT2D eigenvalue weighted by Crippen LogP contribution is -2.31. The van der Waals surface area contributed by atoms with Gasteiger partial charge in [-0.3, -0.25) is 4.79 Å². The number of carboxylic acids is 1. The average Bonchev–Trinajstić information content (AvgIpc) is 2.79. The fourth-order valence-corrected chi connectivity index (χ4v) is 4.81. The maximum absolute atomic E-state index is 11.3. The third-order valence-electron chi connectivity index (χ3n) is 8.02. The van der Waals surface area contributed by atoms with Gasteiger partial charge in [0.05, 0.1) is 5.41 Å². The number of hydrogen-bond donors (Lipinski definition) is 1. The third-order valence-corrected chi connectivity index (χ3v) is 8.02. The van der Waals surface area contributed by atoms with Gasteiger partial charge in [-0.25, -0.2) is 0 Å². The highest BCUT2D eigenvalue weighted by molar-refractivity contribution is 5.73. The van der Waals surface area contributed by atoms with Crippen LogP contribution in [0.4, 0.5) is 0 Å². The van der Waals surface area contributed by atoms with Crippen LogP contribution in [0, 0.1) is 11.3 Å². The van der Waals surface area contributed by atoms with Gasteiger partial charge in [-0.2, -0.15) is 0 Å². The minimum absolute atomic E-state index is 0.255. The van der Waals surface area contributed by atoms with E-state index in [1.54, 1.807) is 0 Å². The number of carbonyl (C=O) groups is 1. The number of aliphatic carboxylic acids is 1. The minimum Gasteiger partial charge on any atom is -0.481 e. The molecule has 0 aliphatic rings. The van der Waals surface area contributed by atoms with Crippen molar-refractivity contribution in [1.82, 2.24) is 0 Å². The van der Waals surface area contributed by atoms with Crippen molar-refractivity contribution in [2.45, 2.75) is 182 Å². The van der Waals surface area contributed by atoms with Gasteiger partial charge in [-0.05, 0) is 26.2 Å². The van der Waals surface area contributed by atoms with Crippen LogP contribution in [-0.2, 0) is 4.79 Å². The molecule has 1 atom stereocenters. The molecule has 0 spiro atoms. The second-order valence-electron chi connectivity index (χ2n) is 11.5. The molecule has 0 rings (SSSR count). The first kappa shape index (κ1) is 32.5. The summed E-state index contributed by atoms with van der Waals surface area (Å²) in [7, 11) is 0. The lowest BCUT2D eigenvalue weighted by Gasteiger charge is -2.27. The minimum atomic E-state index is -0.663. The molecule has 0 aliphatic carbocycles. The largest absolute Gasteiger partial charge is 0.481 e. The summed E-state index contributed by atoms with van der Waals surface area (Å²) in [5.74, 6) is -0.408. The molecule has 2 nitrogen and oxygen atoms in total. The number of unbranched alkanes of at least 4 members (excludes halogenated alkanes) is 22. The van der Waals surface area contributed by atoms with Crippen LogP contribution < -0.4 is 0 Å². The molecule has 0 aromatic carbocycles. The standard InChI is InChI=1S/C31H62O2/c1-5-6-7-8-9-10-11-12-13-14-15-16-17-18-19-20-21-22-23-24-25-26-27-28-29(2)31(3,4)30(32)33/h29H,5-28H2,1-4H3,(H,32,33). The fraction of sp³-hybridized carbons (Fsp3) is 0.968. The highest BCUT2D eigenvalue weighted by atomic mass is 16.4. The molecule has 33 heavy (non-hydrogen) atoms. The van der Waals surface area contributed by atoms with Crippen LogP contribution in [0.3, 0.4) is 0 Å². The van der Waals surface area contributed by atoms with E-state index in [9.17, 15) is 9.90 Å². The zero-order chi connectivity index (χ0) is 24.6. The molecular weight excluding hydrogens is 404 g/mol. The monoisotopic (exact) mass is 466 g/mol. The zero-order valence-corrected chi connectivity index (χ0v) is 23.4. The molecule has 0 heterocycles. The normalized spacial score (nSPS) is 12.8. The smallest absolute Gasteiger partial charge is 0.309 e. The van der Waals surface area contributed by atoms with Crippen molar-refractivity contribution in [3.63, 3.8) is 0 Å². The van der Waals surface area contributed by atoms with E-state index in [1.165, 1.54) is 148 Å². The van der Waals surface area contributed by atoms with E-state index in [2.05, 4.69) is 13.8 Å². The van der Waals surface area contributed by atoms with Gasteiger partial charge < -0.3 is 5.11 Å². The van der Waals surface area contributed by atoms with E-state index in [1.807, 2.05) is 13.8 Å². The van der Waals surface area contributed by atoms with Gasteiger partial charge in [0.1, 0.15) is 0 Å². The first-order valence-electron chi connectivity index (χ1n) is 15.2. The van der Waals surface area contributed by atoms with Crippen LogP contribution in [0.5, 0.6) is 0 Å². The van der Waals surface area contributed by atoms with E-state index >= 15 is 0 Å². The summed E-state index contributed by atoms with van der Waals surface area (Å²) in [5, 5.41) is 9.29. The molecule has 0 aromatic heterocycles. The van der Waals surface area contributed by atoms with E-state index in [-0.39, 0.29) is 5.92 Å². The summed E-state index contributed by atoms with van der Waals surface area (Å²) in [6.07, 6.45) is 33.6. The Balaban J connectivity index is 3.18. The Bertz CT molecular complexity index is 415. The molecule has 0 bridgehead atoms. The molecule has 0 aromatic rings. The summed E-state index contributed by atoms with van der Waals surface area (Å²) in [6, 6.07) is 0. The molecule has 0 saturated heterocycles. The molecule has 2 heteroatoms. The lowest BCUT2D eigenvalue weighted by atomic mass is 9.77. The molecule has 0 aliphatic heterocycles. The van der Waals surface area contributed by atoms with Crippen LogP contribution in [0.2, 0.25) is 0 Å². The molecule has 0 saturated carbocycles. The number of carboxylic acid groups (broad SMARTS) is 1. The molecule has 0 amide bonds. The number of hydrogen-bond acceptors (Lipinski definition) is 1. The van der Waals surface area contributed by atoms with Crippen LogP contribution >= 0.6 is 0 Å². The van der Waals surface area contributed by atoms with Crippen molar-refractivity contribution in [3.05, 3.63) is 0 Å². The summed E-state index contributed by atoms with van der Waals surface area (Å²) < 4.78 is 0. The molecular formula is C31H62O2. The second kappa shape index (κ2) is 23.2. The highest BCUT2D eigenvalue weighted by Crippen LogP contribution is 2.31. The Hall–Kier alpha value is -0.530. The maximum atomic E-state index is 11.3. The van der Waals surface area contributed by atoms with Crippen molar-refractivity contribution in [2.75, 3.05) is 0 Å². The summed E-state index contributed by atoms with van der Waals surface area (Å²) in [4.78, 5) is 11.3. The van der Waals surface area contributed by atoms with E-state index < -0.39 is 11.4 Å². The molecule has 0 radical (unpaired) electrons. The lowest BCUT2D eigenvalue weighted by molar-refractivity contribution is -0.149. The first-order valence-corrected chi connectivity index (χ1v) is 15.2. The van der Waals surface area contributed by atoms with Gasteiger partial charge in [-0.1, -0.05) is 162 Å². The maximum Gasteiger partial charge on any atom is 0.309 e. The molecule has 0 fully saturated rings. The van der Waals surface area contributed by atoms with Crippen LogP contribution in [0.25, 0.3) is 0 Å². The Kier molecular flexibility index (Phi) is 22.9. The quantitative estimate of drug-likeness (QED) is 0.129. The fourth-order valence-electron chi connectivity index (χ4n) is 4.81. The van der Waals surface area contributed by atoms with E-state index in [4.69, 9.17) is 0 Å². The Morgan fingerprint density at radius 1 is 0.545 bits per heavy atom. The predicted molar refractivity (Wildman–Crippen MR) is 147 cm³/mol. The van der Waals surface area contributed by atoms with E-state index in [0.717, 1.165) is 6.42 Å². The van der Waals surface area contributed by atoms with Crippen LogP contribution in [0.15, 0.2) is 0 Å². The Morgan fingerprint density at radius 2 is 0.788 bits per heavy atom. The highest BCUT2D eigenvalue weighted by Gasteiger charge is 2.33. The van der Waals surface area contributed by atoms with Crippen LogP contribution in [-0.4, -0.2) is 11.1 Å². The van der Waals surface area contributed by atoms with Crippen molar-refractivity contribution >= 4 is 5.97 Å². The average molecular weight is 467 g/mol. The second-order valence-corrected chi connectivity index (χ2v) is 11.5. The Labute approximate surface area is 209 Å². The van der Waals surface area contributed by atoms with Crippen molar-refractivity contribution in [3.8, 4) is 0 Å². The topological polar surface area (TPSA) is 37.3 Å². The summed E-state index contributed by atoms with van der Waals surface area (Å²) in [5.41, 5.74) is -0.590. The van der Waals surface area contributed by atoms with Crippen molar-refractivity contribution in [2.24, 2.45) is 11.3 Å². The zero-order valence-electron chi connectivity index (χ0n) is 23.4. The SMILES string of the molecule is CCCCCCCCCCCCCCCCCCCCCCCCCC(C)C(C)(C)C(=O)O. The van der Waals surface area contributed by atoms with E-state index in [0.29, 0.717) is 0 Å². The van der Waals surface area contributed by atoms with Crippen molar-refractivity contribution < 1.29 is 9.90 Å². The van der Waals surface area contributed by atoms with Gasteiger partial charge in [0, 0.05) is 0 Å². The van der Waals surface area contributed by atoms with Gasteiger partial charge in [0.25, 0.3) is 0 Å². The molecule has 1 unspecified atom stereocenters. The summed E-state index contributed by atoms with van der Waals surface area (Å²) >= 11 is 0. The summed E-state index contributed by atoms with van der Waals surface area (Å²) in [6.45, 7) is 8.10. The molecule has 1 N–H and O–H groups in total. The van der Waals surface area contributed by atoms with Crippen LogP contribution in [0.1, 0.15) is 182 Å². The Morgan fingerprint density at radius 3 is 1.03 bits per heavy atom. The molecule has 198 valence electrons. The predicted octanol–water partition coefficient (Wildman–Crippen LogP) is 11.1. The van der Waals surface area contributed by atoms with Gasteiger partial charge >= 0.3 is 5.97 Å². The third kappa shape index (κ3) is 20.5.